The molecule has 0 heterocycles. The second-order valence-corrected chi connectivity index (χ2v) is 6.34. The van der Waals surface area contributed by atoms with Crippen molar-refractivity contribution in [3.8, 4) is 0 Å². The van der Waals surface area contributed by atoms with Crippen LogP contribution >= 0.6 is 45.2 Å². The Morgan fingerprint density at radius 1 is 1.00 bits per heavy atom. The summed E-state index contributed by atoms with van der Waals surface area (Å²) in [6, 6.07) is 0. The zero-order valence-corrected chi connectivity index (χ0v) is 10.4. The third-order valence-corrected chi connectivity index (χ3v) is 8.22. The van der Waals surface area contributed by atoms with Gasteiger partial charge < -0.3 is 0 Å². The fourth-order valence-electron chi connectivity index (χ4n) is 0.196. The minimum atomic E-state index is 0.610. The van der Waals surface area contributed by atoms with Crippen LogP contribution in [-0.2, 0) is 0 Å². The zero-order valence-electron chi connectivity index (χ0n) is 3.96. The van der Waals surface area contributed by atoms with E-state index in [4.69, 9.17) is 0 Å². The molecule has 0 spiro atoms. The fourth-order valence-corrected chi connectivity index (χ4v) is 5.18. The van der Waals surface area contributed by atoms with E-state index in [-0.39, 0.29) is 0 Å². The van der Waals surface area contributed by atoms with E-state index in [1.54, 1.807) is 0 Å². The predicted molar refractivity (Wildman–Crippen MR) is 47.5 cm³/mol. The number of halogens is 3. The molecule has 0 aliphatic heterocycles. The van der Waals surface area contributed by atoms with Crippen LogP contribution in [-0.4, -0.2) is 17.7 Å². The Bertz CT molecular complexity index is 26.1. The molecule has 0 aromatic carbocycles. The Hall–Kier alpha value is 2.19. The number of hydrogen-bond donors (Lipinski definition) is 0. The summed E-state index contributed by atoms with van der Waals surface area (Å²) < 4.78 is 5.79. The molecular weight excluding hydrogens is 429 g/mol. The van der Waals surface area contributed by atoms with Crippen molar-refractivity contribution in [1.29, 1.82) is 0 Å². The van der Waals surface area contributed by atoms with E-state index in [0.29, 0.717) is 21.2 Å². The van der Waals surface area contributed by atoms with Crippen LogP contribution in [0.5, 0.6) is 0 Å². The summed E-state index contributed by atoms with van der Waals surface area (Å²) in [6.07, 6.45) is 0. The first-order valence-corrected chi connectivity index (χ1v) is 8.17. The molecule has 3 heteroatoms. The first kappa shape index (κ1) is 9.19. The molecule has 0 radical (unpaired) electrons. The van der Waals surface area contributed by atoms with Crippen LogP contribution in [0, 0.1) is 0 Å². The van der Waals surface area contributed by atoms with Crippen molar-refractivity contribution in [2.45, 2.75) is 0 Å². The van der Waals surface area contributed by atoms with E-state index in [9.17, 15) is 0 Å². The summed E-state index contributed by atoms with van der Waals surface area (Å²) in [6.45, 7) is 0. The van der Waals surface area contributed by atoms with Gasteiger partial charge in [-0.25, -0.2) is 0 Å². The van der Waals surface area contributed by atoms with Gasteiger partial charge in [0.2, 0.25) is 0 Å². The van der Waals surface area contributed by atoms with Gasteiger partial charge in [-0.2, -0.15) is 0 Å². The zero-order chi connectivity index (χ0) is 5.54. The van der Waals surface area contributed by atoms with E-state index in [0.717, 1.165) is 0 Å². The summed E-state index contributed by atoms with van der Waals surface area (Å²) in [7, 11) is 0. The van der Waals surface area contributed by atoms with Crippen molar-refractivity contribution < 1.29 is 21.2 Å². The van der Waals surface area contributed by atoms with Crippen LogP contribution in [0.4, 0.5) is 0 Å². The van der Waals surface area contributed by atoms with Gasteiger partial charge in [0, 0.05) is 0 Å². The van der Waals surface area contributed by atoms with Gasteiger partial charge in [-0.3, -0.25) is 0 Å². The number of rotatable bonds is 4. The molecule has 0 bridgehead atoms. The van der Waals surface area contributed by atoms with E-state index in [1.165, 1.54) is 17.7 Å². The van der Waals surface area contributed by atoms with Gasteiger partial charge in [-0.1, -0.05) is 0 Å². The molecule has 0 fully saturated rings. The minimum absolute atomic E-state index is 0.610. The monoisotopic (exact) mass is 437 g/mol. The van der Waals surface area contributed by atoms with E-state index in [1.807, 2.05) is 0 Å². The quantitative estimate of drug-likeness (QED) is 0.300. The fraction of sp³-hybridized carbons (Fsp3) is 1.00. The van der Waals surface area contributed by atoms with Crippen LogP contribution in [0.3, 0.4) is 0 Å². The Morgan fingerprint density at radius 2 is 1.43 bits per heavy atom. The van der Waals surface area contributed by atoms with Crippen molar-refractivity contribution in [3.05, 3.63) is 0 Å². The molecule has 0 N–H and O–H groups in total. The first-order chi connectivity index (χ1) is 3.41. The normalized spacial score (nSPS) is 10.0. The molecule has 0 amide bonds. The molecule has 0 unspecified atom stereocenters. The standard InChI is InChI=1S/C4H8I3/c5-1-3-7-4-2-6/h1-4H2/q-1. The summed E-state index contributed by atoms with van der Waals surface area (Å²) in [5.74, 6) is 0. The van der Waals surface area contributed by atoms with Gasteiger partial charge in [0.05, 0.1) is 0 Å². The molecule has 0 saturated heterocycles. The molecule has 46 valence electrons. The SMILES string of the molecule is ICC[I-]CCI. The van der Waals surface area contributed by atoms with E-state index < -0.39 is 0 Å². The molecule has 7 heavy (non-hydrogen) atoms. The van der Waals surface area contributed by atoms with Crippen LogP contribution in [0.1, 0.15) is 0 Å². The van der Waals surface area contributed by atoms with Crippen molar-refractivity contribution in [1.82, 2.24) is 0 Å². The summed E-state index contributed by atoms with van der Waals surface area (Å²) in [5.41, 5.74) is 0. The van der Waals surface area contributed by atoms with Gasteiger partial charge in [-0.15, -0.1) is 0 Å². The molecular formula is C4H8I3-. The van der Waals surface area contributed by atoms with Gasteiger partial charge >= 0.3 is 84.1 Å². The van der Waals surface area contributed by atoms with Crippen molar-refractivity contribution in [2.75, 3.05) is 17.7 Å². The summed E-state index contributed by atoms with van der Waals surface area (Å²) in [5, 5.41) is 0. The Balaban J connectivity index is 2.45. The third-order valence-electron chi connectivity index (χ3n) is 0.410. The molecule has 0 atom stereocenters. The summed E-state index contributed by atoms with van der Waals surface area (Å²) >= 11 is 5.51. The van der Waals surface area contributed by atoms with Gasteiger partial charge in [0.15, 0.2) is 0 Å². The molecule has 0 aromatic rings. The average molecular weight is 437 g/mol. The van der Waals surface area contributed by atoms with Crippen LogP contribution < -0.4 is 21.2 Å². The van der Waals surface area contributed by atoms with Crippen molar-refractivity contribution in [2.24, 2.45) is 0 Å². The van der Waals surface area contributed by atoms with E-state index >= 15 is 0 Å². The van der Waals surface area contributed by atoms with E-state index in [2.05, 4.69) is 45.2 Å². The molecule has 0 rings (SSSR count). The van der Waals surface area contributed by atoms with Crippen molar-refractivity contribution >= 4 is 45.2 Å². The van der Waals surface area contributed by atoms with Gasteiger partial charge in [-0.05, 0) is 0 Å². The van der Waals surface area contributed by atoms with Crippen LogP contribution in [0.25, 0.3) is 0 Å². The van der Waals surface area contributed by atoms with Gasteiger partial charge in [0.1, 0.15) is 0 Å². The molecule has 0 aliphatic rings. The number of hydrogen-bond acceptors (Lipinski definition) is 0. The molecule has 0 nitrogen and oxygen atoms in total. The molecule has 0 aliphatic carbocycles. The molecule has 0 saturated carbocycles. The molecule has 0 aromatic heterocycles. The summed E-state index contributed by atoms with van der Waals surface area (Å²) in [4.78, 5) is 0. The average Bonchev–Trinajstić information content (AvgIpc) is 1.69. The first-order valence-electron chi connectivity index (χ1n) is 2.07. The van der Waals surface area contributed by atoms with Crippen LogP contribution in [0.2, 0.25) is 0 Å². The third kappa shape index (κ3) is 8.19. The maximum atomic E-state index is 2.45. The van der Waals surface area contributed by atoms with Crippen LogP contribution in [0.15, 0.2) is 0 Å². The Morgan fingerprint density at radius 3 is 1.71 bits per heavy atom. The van der Waals surface area contributed by atoms with Gasteiger partial charge in [0.25, 0.3) is 0 Å². The Labute approximate surface area is 82.7 Å². The maximum absolute atomic E-state index is 2.45. The second kappa shape index (κ2) is 8.19. The Kier molecular flexibility index (Phi) is 10.8. The second-order valence-electron chi connectivity index (χ2n) is 0.945. The predicted octanol–water partition coefficient (Wildman–Crippen LogP) is -1.05. The van der Waals surface area contributed by atoms with Crippen molar-refractivity contribution in [3.63, 3.8) is 0 Å². The number of alkyl halides is 4. The topological polar surface area (TPSA) is 0 Å².